The van der Waals surface area contributed by atoms with Gasteiger partial charge < -0.3 is 5.48 Å². The second kappa shape index (κ2) is 24.8. The molecular formula is FeLaOSrTi+9. The van der Waals surface area contributed by atoms with Gasteiger partial charge in [-0.2, -0.15) is 0 Å². The first-order valence-corrected chi connectivity index (χ1v) is 0. The van der Waals surface area contributed by atoms with Crippen LogP contribution in [0, 0.1) is 35.6 Å². The van der Waals surface area contributed by atoms with E-state index in [4.69, 9.17) is 0 Å². The van der Waals surface area contributed by atoms with Crippen LogP contribution in [0.5, 0.6) is 0 Å². The zero-order chi connectivity index (χ0) is 0. The molecule has 0 aliphatic heterocycles. The molecule has 0 aliphatic rings. The minimum atomic E-state index is 0. The molecule has 0 atom stereocenters. The summed E-state index contributed by atoms with van der Waals surface area (Å²) >= 11 is 0. The van der Waals surface area contributed by atoms with Crippen molar-refractivity contribution >= 4 is 45.5 Å². The van der Waals surface area contributed by atoms with Gasteiger partial charge in [-0.25, -0.2) is 0 Å². The molecular weight excluding hydrogens is 346 g/mol. The molecule has 0 aliphatic carbocycles. The predicted molar refractivity (Wildman–Crippen MR) is 6.44 cm³/mol. The van der Waals surface area contributed by atoms with Crippen molar-refractivity contribution in [3.63, 3.8) is 0 Å². The summed E-state index contributed by atoms with van der Waals surface area (Å²) in [6.07, 6.45) is 0. The van der Waals surface area contributed by atoms with E-state index in [2.05, 4.69) is 0 Å². The van der Waals surface area contributed by atoms with E-state index in [0.717, 1.165) is 0 Å². The topological polar surface area (TPSA) is 28.5 Å². The van der Waals surface area contributed by atoms with E-state index in [0.29, 0.717) is 0 Å². The largest absolute Gasteiger partial charge is 4.00 e. The van der Waals surface area contributed by atoms with E-state index in [1.807, 2.05) is 0 Å². The Labute approximate surface area is 122 Å². The van der Waals surface area contributed by atoms with Crippen molar-refractivity contribution in [3.05, 3.63) is 0 Å². The maximum atomic E-state index is 0. The molecule has 5 heavy (non-hydrogen) atoms. The minimum Gasteiger partial charge on any atom is -2.00 e. The van der Waals surface area contributed by atoms with Gasteiger partial charge >= 0.3 is 120 Å². The van der Waals surface area contributed by atoms with Crippen molar-refractivity contribution in [2.24, 2.45) is 0 Å². The van der Waals surface area contributed by atoms with Gasteiger partial charge in [0, 0.05) is 0 Å². The summed E-state index contributed by atoms with van der Waals surface area (Å²) in [5.41, 5.74) is 0. The molecule has 0 rings (SSSR count). The fourth-order valence-electron chi connectivity index (χ4n) is 0. The molecule has 0 saturated carbocycles. The fourth-order valence-corrected chi connectivity index (χ4v) is 0. The van der Waals surface area contributed by atoms with Crippen molar-refractivity contribution in [2.75, 3.05) is 0 Å². The summed E-state index contributed by atoms with van der Waals surface area (Å²) in [5.74, 6) is 0. The van der Waals surface area contributed by atoms with Crippen molar-refractivity contribution in [1.29, 1.82) is 0 Å². The fraction of sp³-hybridized carbons (Fsp3) is 0. The maximum Gasteiger partial charge on any atom is 4.00 e. The van der Waals surface area contributed by atoms with Crippen LogP contribution in [0.25, 0.3) is 0 Å². The van der Waals surface area contributed by atoms with Crippen molar-refractivity contribution in [3.8, 4) is 0 Å². The molecule has 0 radical (unpaired) electrons. The Morgan fingerprint density at radius 1 is 1.00 bits per heavy atom. The molecule has 0 amide bonds. The van der Waals surface area contributed by atoms with Crippen LogP contribution < -0.4 is 0 Å². The molecule has 0 aromatic heterocycles. The van der Waals surface area contributed by atoms with Crippen LogP contribution in [0.2, 0.25) is 0 Å². The first kappa shape index (κ1) is 36.7. The Morgan fingerprint density at radius 3 is 1.00 bits per heavy atom. The van der Waals surface area contributed by atoms with Gasteiger partial charge in [0.25, 0.3) is 0 Å². The van der Waals surface area contributed by atoms with Crippen LogP contribution >= 0.6 is 0 Å². The molecule has 0 aromatic rings. The predicted octanol–water partition coefficient (Wildman–Crippen LogP) is -0.505. The van der Waals surface area contributed by atoms with E-state index in [9.17, 15) is 0 Å². The quantitative estimate of drug-likeness (QED) is 0.529. The Balaban J connectivity index is 0. The van der Waals surface area contributed by atoms with Crippen LogP contribution in [0.4, 0.5) is 0 Å². The molecule has 0 unspecified atom stereocenters. The molecule has 0 bridgehead atoms. The smallest absolute Gasteiger partial charge is 2.00 e. The summed E-state index contributed by atoms with van der Waals surface area (Å²) in [4.78, 5) is 0. The first-order chi connectivity index (χ1) is 0. The zero-order valence-electron chi connectivity index (χ0n) is 2.55. The van der Waals surface area contributed by atoms with Gasteiger partial charge in [0.05, 0.1) is 0 Å². The van der Waals surface area contributed by atoms with Crippen LogP contribution in [0.15, 0.2) is 0 Å². The second-order valence-corrected chi connectivity index (χ2v) is 0. The summed E-state index contributed by atoms with van der Waals surface area (Å²) in [5, 5.41) is 0. The molecule has 1 nitrogen and oxygen atoms in total. The third-order valence-corrected chi connectivity index (χ3v) is 0. The molecule has 0 heterocycles. The van der Waals surface area contributed by atoms with Gasteiger partial charge in [-0.05, 0) is 0 Å². The van der Waals surface area contributed by atoms with E-state index < -0.39 is 0 Å². The van der Waals surface area contributed by atoms with Gasteiger partial charge in [0.1, 0.15) is 0 Å². The molecule has 0 aromatic carbocycles. The van der Waals surface area contributed by atoms with E-state index in [1.165, 1.54) is 0 Å². The summed E-state index contributed by atoms with van der Waals surface area (Å²) in [7, 11) is 0. The maximum absolute atomic E-state index is 0. The number of rotatable bonds is 0. The summed E-state index contributed by atoms with van der Waals surface area (Å²) < 4.78 is 0. The van der Waals surface area contributed by atoms with E-state index in [-0.39, 0.29) is 125 Å². The van der Waals surface area contributed by atoms with Crippen LogP contribution in [-0.4, -0.2) is 45.5 Å². The zero-order valence-corrected chi connectivity index (χ0v) is 12.3. The van der Waals surface area contributed by atoms with E-state index >= 15 is 0 Å². The molecule has 14 valence electrons. The molecule has 0 spiro atoms. The normalized spacial score (nSPS) is 0. The third kappa shape index (κ3) is 18.1. The SMILES string of the molecule is [Fe+2].[La+3].[O-2].[Sr+2].[Ti+4]. The third-order valence-electron chi connectivity index (χ3n) is 0. The van der Waals surface area contributed by atoms with Crippen LogP contribution in [0.3, 0.4) is 0 Å². The minimum absolute atomic E-state index is 0. The monoisotopic (exact) mass is 347 g/mol. The van der Waals surface area contributed by atoms with Gasteiger partial charge in [0.2, 0.25) is 0 Å². The first-order valence-electron chi connectivity index (χ1n) is 0. The van der Waals surface area contributed by atoms with E-state index in [1.54, 1.807) is 0 Å². The molecule has 0 saturated heterocycles. The summed E-state index contributed by atoms with van der Waals surface area (Å²) in [6, 6.07) is 0. The molecule has 0 N–H and O–H groups in total. The number of hydrogen-bond acceptors (Lipinski definition) is 0. The van der Waals surface area contributed by atoms with Crippen molar-refractivity contribution in [2.45, 2.75) is 0 Å². The Bertz CT molecular complexity index is 11.6. The standard InChI is InChI=1S/Fe.La.O.Sr.Ti/q+2;+3;-2;+2;+4. The van der Waals surface area contributed by atoms with Gasteiger partial charge in [-0.15, -0.1) is 0 Å². The van der Waals surface area contributed by atoms with Gasteiger partial charge in [-0.3, -0.25) is 0 Å². The average Bonchev–Trinajstić information content (AvgIpc) is 0. The Kier molecular flexibility index (Phi) is 182. The van der Waals surface area contributed by atoms with Crippen LogP contribution in [-0.2, 0) is 44.3 Å². The van der Waals surface area contributed by atoms with Crippen LogP contribution in [0.1, 0.15) is 0 Å². The van der Waals surface area contributed by atoms with Gasteiger partial charge in [-0.1, -0.05) is 0 Å². The Morgan fingerprint density at radius 2 is 1.00 bits per heavy atom. The second-order valence-electron chi connectivity index (χ2n) is 0. The summed E-state index contributed by atoms with van der Waals surface area (Å²) in [6.45, 7) is 0. The number of hydrogen-bond donors (Lipinski definition) is 0. The Hall–Kier alpha value is 3.87. The van der Waals surface area contributed by atoms with Gasteiger partial charge in [0.15, 0.2) is 0 Å². The molecule has 0 fully saturated rings. The molecule has 5 heteroatoms. The van der Waals surface area contributed by atoms with Crippen molar-refractivity contribution < 1.29 is 79.9 Å². The average molecular weight is 346 g/mol. The van der Waals surface area contributed by atoms with Crippen molar-refractivity contribution in [1.82, 2.24) is 0 Å².